The number of rotatable bonds is 2. The molecule has 0 heterocycles. The zero-order chi connectivity index (χ0) is 10.3. The van der Waals surface area contributed by atoms with Crippen LogP contribution in [-0.4, -0.2) is 38.8 Å². The molecule has 0 aromatic rings. The Morgan fingerprint density at radius 2 is 1.50 bits per heavy atom. The second-order valence-electron chi connectivity index (χ2n) is 2.24. The second kappa shape index (κ2) is 6.78. The van der Waals surface area contributed by atoms with Crippen molar-refractivity contribution in [3.8, 4) is 0 Å². The molecule has 0 fully saturated rings. The van der Waals surface area contributed by atoms with Crippen molar-refractivity contribution in [3.63, 3.8) is 0 Å². The van der Waals surface area contributed by atoms with Crippen molar-refractivity contribution in [1.29, 1.82) is 0 Å². The number of carboxylic acid groups (broad SMARTS) is 1. The van der Waals surface area contributed by atoms with Crippen molar-refractivity contribution >= 4 is 5.97 Å². The van der Waals surface area contributed by atoms with Crippen molar-refractivity contribution in [1.82, 2.24) is 0 Å². The lowest BCUT2D eigenvalue weighted by Crippen LogP contribution is -2.20. The maximum Gasteiger partial charge on any atom is 0.330 e. The topological polar surface area (TPSA) is 98.0 Å². The summed E-state index contributed by atoms with van der Waals surface area (Å²) < 4.78 is 0. The molecule has 12 heavy (non-hydrogen) atoms. The third-order valence-electron chi connectivity index (χ3n) is 0.797. The molecule has 0 radical (unpaired) electrons. The normalized spacial score (nSPS) is 11.5. The lowest BCUT2D eigenvalue weighted by Gasteiger charge is -2.02. The monoisotopic (exact) mass is 178 g/mol. The third-order valence-corrected chi connectivity index (χ3v) is 0.797. The van der Waals surface area contributed by atoms with Crippen molar-refractivity contribution in [2.24, 2.45) is 0 Å². The molecule has 0 aromatic heterocycles. The summed E-state index contributed by atoms with van der Waals surface area (Å²) in [7, 11) is 0. The molecule has 1 atom stereocenters. The van der Waals surface area contributed by atoms with Gasteiger partial charge in [0.05, 0.1) is 0 Å². The van der Waals surface area contributed by atoms with Crippen molar-refractivity contribution in [3.05, 3.63) is 12.2 Å². The molecular formula is C7H14O5. The molecule has 0 amide bonds. The molecule has 72 valence electrons. The minimum absolute atomic E-state index is 0.176. The van der Waals surface area contributed by atoms with Crippen LogP contribution in [-0.2, 0) is 4.79 Å². The van der Waals surface area contributed by atoms with Crippen LogP contribution in [0.4, 0.5) is 0 Å². The summed E-state index contributed by atoms with van der Waals surface area (Å²) in [6.07, 6.45) is -2.63. The van der Waals surface area contributed by atoms with Crippen LogP contribution in [0.15, 0.2) is 12.2 Å². The van der Waals surface area contributed by atoms with Crippen molar-refractivity contribution < 1.29 is 25.2 Å². The van der Waals surface area contributed by atoms with Gasteiger partial charge in [-0.1, -0.05) is 6.58 Å². The van der Waals surface area contributed by atoms with E-state index in [0.29, 0.717) is 0 Å². The van der Waals surface area contributed by atoms with Crippen LogP contribution in [0.5, 0.6) is 0 Å². The number of carboxylic acids is 1. The Morgan fingerprint density at radius 1 is 1.33 bits per heavy atom. The summed E-state index contributed by atoms with van der Waals surface area (Å²) in [5.41, 5.74) is 0.176. The highest BCUT2D eigenvalue weighted by molar-refractivity contribution is 5.84. The number of hydrogen-bond donors (Lipinski definition) is 4. The van der Waals surface area contributed by atoms with E-state index in [1.165, 1.54) is 13.8 Å². The van der Waals surface area contributed by atoms with Gasteiger partial charge >= 0.3 is 5.97 Å². The molecule has 0 aliphatic carbocycles. The van der Waals surface area contributed by atoms with Crippen molar-refractivity contribution in [2.45, 2.75) is 26.2 Å². The molecule has 0 saturated heterocycles. The number of hydrogen-bond acceptors (Lipinski definition) is 4. The number of aliphatic hydroxyl groups is 3. The second-order valence-corrected chi connectivity index (χ2v) is 2.24. The predicted molar refractivity (Wildman–Crippen MR) is 42.4 cm³/mol. The standard InChI is InChI=1S/C4H6O2.C3H8O3/c1-3(2)4(5)6;1-2(4)3(5)6/h1H2,2H3,(H,5,6);2-6H,1H3. The summed E-state index contributed by atoms with van der Waals surface area (Å²) >= 11 is 0. The fourth-order valence-corrected chi connectivity index (χ4v) is 0. The molecule has 4 N–H and O–H groups in total. The first-order valence-corrected chi connectivity index (χ1v) is 3.22. The summed E-state index contributed by atoms with van der Waals surface area (Å²) in [4.78, 5) is 9.60. The van der Waals surface area contributed by atoms with Gasteiger partial charge in [0, 0.05) is 5.57 Å². The van der Waals surface area contributed by atoms with Crippen LogP contribution in [0.1, 0.15) is 13.8 Å². The Hall–Kier alpha value is -0.910. The fourth-order valence-electron chi connectivity index (χ4n) is 0. The van der Waals surface area contributed by atoms with Gasteiger partial charge in [0.1, 0.15) is 6.10 Å². The number of aliphatic hydroxyl groups excluding tert-OH is 2. The van der Waals surface area contributed by atoms with Gasteiger partial charge < -0.3 is 20.4 Å². The van der Waals surface area contributed by atoms with Gasteiger partial charge in [0.15, 0.2) is 6.29 Å². The van der Waals surface area contributed by atoms with Gasteiger partial charge in [0.2, 0.25) is 0 Å². The van der Waals surface area contributed by atoms with E-state index in [4.69, 9.17) is 20.4 Å². The molecule has 0 saturated carbocycles. The Balaban J connectivity index is 0. The largest absolute Gasteiger partial charge is 0.478 e. The van der Waals surface area contributed by atoms with E-state index in [9.17, 15) is 4.79 Å². The van der Waals surface area contributed by atoms with Gasteiger partial charge in [-0.3, -0.25) is 0 Å². The van der Waals surface area contributed by atoms with Crippen LogP contribution in [0, 0.1) is 0 Å². The molecule has 0 aliphatic heterocycles. The van der Waals surface area contributed by atoms with Crippen LogP contribution in [0.2, 0.25) is 0 Å². The Morgan fingerprint density at radius 3 is 1.50 bits per heavy atom. The third kappa shape index (κ3) is 11.8. The molecule has 1 unspecified atom stereocenters. The first kappa shape index (κ1) is 13.7. The van der Waals surface area contributed by atoms with Gasteiger partial charge in [-0.05, 0) is 13.8 Å². The smallest absolute Gasteiger partial charge is 0.330 e. The molecule has 0 bridgehead atoms. The van der Waals surface area contributed by atoms with E-state index in [-0.39, 0.29) is 5.57 Å². The van der Waals surface area contributed by atoms with E-state index >= 15 is 0 Å². The minimum atomic E-state index is -1.59. The lowest BCUT2D eigenvalue weighted by atomic mass is 10.4. The van der Waals surface area contributed by atoms with Gasteiger partial charge in [0.25, 0.3) is 0 Å². The zero-order valence-corrected chi connectivity index (χ0v) is 7.06. The highest BCUT2D eigenvalue weighted by Crippen LogP contribution is 1.82. The number of carbonyl (C=O) groups is 1. The molecule has 0 aromatic carbocycles. The maximum absolute atomic E-state index is 9.60. The molecule has 0 spiro atoms. The van der Waals surface area contributed by atoms with Crippen LogP contribution in [0.25, 0.3) is 0 Å². The van der Waals surface area contributed by atoms with E-state index in [0.717, 1.165) is 0 Å². The van der Waals surface area contributed by atoms with E-state index in [2.05, 4.69) is 6.58 Å². The van der Waals surface area contributed by atoms with Crippen LogP contribution < -0.4 is 0 Å². The summed E-state index contributed by atoms with van der Waals surface area (Å²) in [6, 6.07) is 0. The molecular weight excluding hydrogens is 164 g/mol. The molecule has 5 nitrogen and oxygen atoms in total. The van der Waals surface area contributed by atoms with Crippen molar-refractivity contribution in [2.75, 3.05) is 0 Å². The SMILES string of the molecule is C=C(C)C(=O)O.CC(O)C(O)O. The van der Waals surface area contributed by atoms with Gasteiger partial charge in [-0.2, -0.15) is 0 Å². The van der Waals surface area contributed by atoms with Crippen LogP contribution in [0.3, 0.4) is 0 Å². The Bertz CT molecular complexity index is 132. The number of aliphatic carboxylic acids is 1. The average Bonchev–Trinajstić information content (AvgIpc) is 1.88. The van der Waals surface area contributed by atoms with E-state index in [1.807, 2.05) is 0 Å². The average molecular weight is 178 g/mol. The molecule has 0 rings (SSSR count). The van der Waals surface area contributed by atoms with E-state index in [1.54, 1.807) is 0 Å². The van der Waals surface area contributed by atoms with E-state index < -0.39 is 18.4 Å². The Labute approximate surface area is 70.6 Å². The summed E-state index contributed by atoms with van der Waals surface area (Å²) in [5.74, 6) is -0.935. The molecule has 5 heteroatoms. The fraction of sp³-hybridized carbons (Fsp3) is 0.571. The summed E-state index contributed by atoms with van der Waals surface area (Å²) in [5, 5.41) is 31.9. The highest BCUT2D eigenvalue weighted by atomic mass is 16.5. The first-order chi connectivity index (χ1) is 5.29. The minimum Gasteiger partial charge on any atom is -0.478 e. The summed E-state index contributed by atoms with van der Waals surface area (Å²) in [6.45, 7) is 5.90. The maximum atomic E-state index is 9.60. The zero-order valence-electron chi connectivity index (χ0n) is 7.06. The molecule has 0 aliphatic rings. The van der Waals surface area contributed by atoms with Gasteiger partial charge in [-0.15, -0.1) is 0 Å². The first-order valence-electron chi connectivity index (χ1n) is 3.22. The highest BCUT2D eigenvalue weighted by Gasteiger charge is 2.01. The quantitative estimate of drug-likeness (QED) is 0.332. The van der Waals surface area contributed by atoms with Gasteiger partial charge in [-0.25, -0.2) is 4.79 Å². The Kier molecular flexibility index (Phi) is 7.72. The predicted octanol–water partition coefficient (Wildman–Crippen LogP) is -0.675. The van der Waals surface area contributed by atoms with Crippen LogP contribution >= 0.6 is 0 Å². The lowest BCUT2D eigenvalue weighted by molar-refractivity contribution is -0.132.